The van der Waals surface area contributed by atoms with E-state index in [1.165, 1.54) is 17.2 Å². The number of nitrogens with zero attached hydrogens (tertiary/aromatic N) is 3. The maximum Gasteiger partial charge on any atom is 0.263 e. The molecule has 6 heteroatoms. The molecule has 0 radical (unpaired) electrons. The van der Waals surface area contributed by atoms with Crippen LogP contribution in [0, 0.1) is 5.82 Å². The highest BCUT2D eigenvalue weighted by Crippen LogP contribution is 2.12. The molecule has 5 nitrogen and oxygen atoms in total. The van der Waals surface area contributed by atoms with Crippen LogP contribution < -0.4 is 10.6 Å². The number of rotatable bonds is 1. The lowest BCUT2D eigenvalue weighted by atomic mass is 10.4. The summed E-state index contributed by atoms with van der Waals surface area (Å²) in [6.45, 7) is 0. The van der Waals surface area contributed by atoms with Crippen molar-refractivity contribution in [2.75, 3.05) is 19.1 Å². The van der Waals surface area contributed by atoms with Crippen molar-refractivity contribution in [1.82, 2.24) is 14.6 Å². The van der Waals surface area contributed by atoms with E-state index in [9.17, 15) is 9.18 Å². The molecule has 0 fully saturated rings. The van der Waals surface area contributed by atoms with Crippen molar-refractivity contribution in [1.29, 1.82) is 0 Å². The van der Waals surface area contributed by atoms with Crippen LogP contribution >= 0.6 is 0 Å². The minimum Gasteiger partial charge on any atom is -0.317 e. The van der Waals surface area contributed by atoms with E-state index in [4.69, 9.17) is 0 Å². The average molecular weight is 196 g/mol. The lowest BCUT2D eigenvalue weighted by molar-refractivity contribution is 0.624. The topological polar surface area (TPSA) is 53.9 Å². The Morgan fingerprint density at radius 3 is 2.93 bits per heavy atom. The maximum absolute atomic E-state index is 13.3. The zero-order chi connectivity index (χ0) is 10.3. The monoisotopic (exact) mass is 196 g/mol. The molecule has 2 rings (SSSR count). The summed E-state index contributed by atoms with van der Waals surface area (Å²) in [4.78, 5) is 17.5. The van der Waals surface area contributed by atoms with E-state index in [0.717, 1.165) is 0 Å². The van der Waals surface area contributed by atoms with Gasteiger partial charge in [0, 0.05) is 14.1 Å². The molecule has 2 aromatic rings. The van der Waals surface area contributed by atoms with Gasteiger partial charge >= 0.3 is 0 Å². The quantitative estimate of drug-likeness (QED) is 0.701. The Hall–Kier alpha value is -1.85. The van der Waals surface area contributed by atoms with Gasteiger partial charge in [0.2, 0.25) is 0 Å². The lowest BCUT2D eigenvalue weighted by Gasteiger charge is -2.13. The molecule has 0 amide bonds. The van der Waals surface area contributed by atoms with Gasteiger partial charge in [0.05, 0.1) is 12.5 Å². The summed E-state index contributed by atoms with van der Waals surface area (Å²) in [6.07, 6.45) is 2.48. The predicted octanol–water partition coefficient (Wildman–Crippen LogP) is 0.0613. The summed E-state index contributed by atoms with van der Waals surface area (Å²) < 4.78 is 14.8. The van der Waals surface area contributed by atoms with E-state index >= 15 is 0 Å². The third kappa shape index (κ3) is 1.07. The SMILES string of the molecule is CN(C)n1cc(F)c2c(=O)[nH]cnc21. The van der Waals surface area contributed by atoms with Crippen molar-refractivity contribution in [2.24, 2.45) is 0 Å². The molecule has 0 aliphatic rings. The number of halogens is 1. The van der Waals surface area contributed by atoms with E-state index in [1.54, 1.807) is 19.1 Å². The van der Waals surface area contributed by atoms with Crippen molar-refractivity contribution < 1.29 is 4.39 Å². The Kier molecular flexibility index (Phi) is 1.77. The summed E-state index contributed by atoms with van der Waals surface area (Å²) in [5.74, 6) is -0.567. The zero-order valence-electron chi connectivity index (χ0n) is 7.78. The number of aromatic amines is 1. The number of fused-ring (bicyclic) bond motifs is 1. The molecule has 14 heavy (non-hydrogen) atoms. The van der Waals surface area contributed by atoms with Crippen LogP contribution in [-0.4, -0.2) is 28.7 Å². The Labute approximate surface area is 78.8 Å². The number of hydrogen-bond acceptors (Lipinski definition) is 3. The van der Waals surface area contributed by atoms with Gasteiger partial charge in [-0.05, 0) is 0 Å². The summed E-state index contributed by atoms with van der Waals surface area (Å²) in [5.41, 5.74) is -0.149. The summed E-state index contributed by atoms with van der Waals surface area (Å²) >= 11 is 0. The predicted molar refractivity (Wildman–Crippen MR) is 50.4 cm³/mol. The van der Waals surface area contributed by atoms with E-state index in [2.05, 4.69) is 9.97 Å². The van der Waals surface area contributed by atoms with Gasteiger partial charge in [-0.1, -0.05) is 0 Å². The van der Waals surface area contributed by atoms with Crippen LogP contribution in [0.1, 0.15) is 0 Å². The van der Waals surface area contributed by atoms with Crippen LogP contribution in [0.15, 0.2) is 17.3 Å². The van der Waals surface area contributed by atoms with E-state index in [-0.39, 0.29) is 5.39 Å². The second-order valence-corrected chi connectivity index (χ2v) is 3.10. The van der Waals surface area contributed by atoms with E-state index < -0.39 is 11.4 Å². The Balaban J connectivity index is 2.91. The first-order valence-electron chi connectivity index (χ1n) is 4.03. The molecule has 0 aromatic carbocycles. The fourth-order valence-corrected chi connectivity index (χ4v) is 1.32. The van der Waals surface area contributed by atoms with Crippen molar-refractivity contribution in [3.8, 4) is 0 Å². The number of aromatic nitrogens is 3. The number of nitrogens with one attached hydrogen (secondary N) is 1. The number of hydrogen-bond donors (Lipinski definition) is 1. The van der Waals surface area contributed by atoms with Gasteiger partial charge in [0.1, 0.15) is 5.39 Å². The first kappa shape index (κ1) is 8.74. The van der Waals surface area contributed by atoms with E-state index in [0.29, 0.717) is 5.65 Å². The summed E-state index contributed by atoms with van der Waals surface area (Å²) in [5, 5.41) is 1.62. The molecule has 0 atom stereocenters. The molecule has 2 aromatic heterocycles. The van der Waals surface area contributed by atoms with Crippen molar-refractivity contribution in [3.05, 3.63) is 28.7 Å². The van der Waals surface area contributed by atoms with Gasteiger partial charge in [-0.3, -0.25) is 4.79 Å². The molecular weight excluding hydrogens is 187 g/mol. The molecule has 74 valence electrons. The molecule has 0 saturated heterocycles. The van der Waals surface area contributed by atoms with Gasteiger partial charge in [0.15, 0.2) is 11.5 Å². The minimum absolute atomic E-state index is 0.0128. The standard InChI is InChI=1S/C8H9FN4O/c1-12(2)13-3-5(9)6-7(13)10-4-11-8(6)14/h3-4H,1-2H3,(H,10,11,14). The van der Waals surface area contributed by atoms with Crippen LogP contribution in [0.3, 0.4) is 0 Å². The minimum atomic E-state index is -0.567. The highest BCUT2D eigenvalue weighted by Gasteiger charge is 2.13. The third-order valence-electron chi connectivity index (χ3n) is 1.96. The highest BCUT2D eigenvalue weighted by atomic mass is 19.1. The van der Waals surface area contributed by atoms with Crippen LogP contribution in [0.5, 0.6) is 0 Å². The summed E-state index contributed by atoms with van der Waals surface area (Å²) in [6, 6.07) is 0. The van der Waals surface area contributed by atoms with E-state index in [1.807, 2.05) is 0 Å². The van der Waals surface area contributed by atoms with Crippen LogP contribution in [0.4, 0.5) is 4.39 Å². The van der Waals surface area contributed by atoms with Gasteiger partial charge in [0.25, 0.3) is 5.56 Å². The van der Waals surface area contributed by atoms with Gasteiger partial charge < -0.3 is 9.99 Å². The molecule has 2 heterocycles. The van der Waals surface area contributed by atoms with Gasteiger partial charge in [-0.25, -0.2) is 14.1 Å². The summed E-state index contributed by atoms with van der Waals surface area (Å²) in [7, 11) is 3.48. The third-order valence-corrected chi connectivity index (χ3v) is 1.96. The molecule has 0 saturated carbocycles. The van der Waals surface area contributed by atoms with Crippen molar-refractivity contribution in [2.45, 2.75) is 0 Å². The first-order chi connectivity index (χ1) is 6.61. The molecule has 0 spiro atoms. The Bertz CT molecular complexity index is 528. The highest BCUT2D eigenvalue weighted by molar-refractivity contribution is 5.75. The second-order valence-electron chi connectivity index (χ2n) is 3.10. The molecule has 0 aliphatic carbocycles. The Morgan fingerprint density at radius 2 is 2.29 bits per heavy atom. The molecule has 0 aliphatic heterocycles. The Morgan fingerprint density at radius 1 is 1.57 bits per heavy atom. The largest absolute Gasteiger partial charge is 0.317 e. The van der Waals surface area contributed by atoms with Crippen LogP contribution in [0.2, 0.25) is 0 Å². The smallest absolute Gasteiger partial charge is 0.263 e. The van der Waals surface area contributed by atoms with Crippen LogP contribution in [0.25, 0.3) is 11.0 Å². The van der Waals surface area contributed by atoms with Crippen molar-refractivity contribution >= 4 is 11.0 Å². The fraction of sp³-hybridized carbons (Fsp3) is 0.250. The molecule has 1 N–H and O–H groups in total. The van der Waals surface area contributed by atoms with Gasteiger partial charge in [-0.15, -0.1) is 0 Å². The van der Waals surface area contributed by atoms with Crippen molar-refractivity contribution in [3.63, 3.8) is 0 Å². The normalized spacial score (nSPS) is 10.8. The molecule has 0 unspecified atom stereocenters. The first-order valence-corrected chi connectivity index (χ1v) is 4.03. The average Bonchev–Trinajstić information content (AvgIpc) is 2.45. The molecule has 0 bridgehead atoms. The maximum atomic E-state index is 13.3. The van der Waals surface area contributed by atoms with Crippen LogP contribution in [-0.2, 0) is 0 Å². The number of H-pyrrole nitrogens is 1. The lowest BCUT2D eigenvalue weighted by Crippen LogP contribution is -2.24. The fourth-order valence-electron chi connectivity index (χ4n) is 1.32. The molecular formula is C8H9FN4O. The zero-order valence-corrected chi connectivity index (χ0v) is 7.78. The second kappa shape index (κ2) is 2.83. The van der Waals surface area contributed by atoms with Gasteiger partial charge in [-0.2, -0.15) is 0 Å².